The molecule has 0 saturated carbocycles. The van der Waals surface area contributed by atoms with Gasteiger partial charge in [-0.25, -0.2) is 13.1 Å². The molecule has 0 saturated heterocycles. The predicted octanol–water partition coefficient (Wildman–Crippen LogP) is 1.16. The van der Waals surface area contributed by atoms with Gasteiger partial charge in [-0.1, -0.05) is 18.5 Å². The standard InChI is InChI=1S/C9H18F3N3O3S/c1-2-4-7(8(13)14-16)15-19(17,18)6-3-5-9(10,11)12/h7,15-16H,2-6H2,1H3,(H2,13,14). The van der Waals surface area contributed by atoms with Gasteiger partial charge in [-0.15, -0.1) is 0 Å². The molecule has 0 aromatic heterocycles. The van der Waals surface area contributed by atoms with Gasteiger partial charge in [0.05, 0.1) is 11.8 Å². The second-order valence-electron chi connectivity index (χ2n) is 4.02. The normalized spacial score (nSPS) is 15.5. The molecule has 1 unspecified atom stereocenters. The van der Waals surface area contributed by atoms with Gasteiger partial charge >= 0.3 is 6.18 Å². The lowest BCUT2D eigenvalue weighted by molar-refractivity contribution is -0.134. The van der Waals surface area contributed by atoms with E-state index in [0.717, 1.165) is 0 Å². The zero-order chi connectivity index (χ0) is 15.1. The third-order valence-corrected chi connectivity index (χ3v) is 3.71. The van der Waals surface area contributed by atoms with Gasteiger partial charge in [-0.2, -0.15) is 13.2 Å². The minimum absolute atomic E-state index is 0.286. The zero-order valence-electron chi connectivity index (χ0n) is 10.4. The van der Waals surface area contributed by atoms with Crippen LogP contribution < -0.4 is 10.5 Å². The molecule has 0 aliphatic heterocycles. The first-order chi connectivity index (χ1) is 8.61. The van der Waals surface area contributed by atoms with E-state index in [1.54, 1.807) is 6.92 Å². The molecule has 0 aromatic rings. The van der Waals surface area contributed by atoms with Crippen LogP contribution in [0.15, 0.2) is 5.16 Å². The van der Waals surface area contributed by atoms with Crippen LogP contribution in [0.5, 0.6) is 0 Å². The lowest BCUT2D eigenvalue weighted by atomic mass is 10.2. The predicted molar refractivity (Wildman–Crippen MR) is 64.3 cm³/mol. The fourth-order valence-electron chi connectivity index (χ4n) is 1.36. The van der Waals surface area contributed by atoms with Gasteiger partial charge in [-0.3, -0.25) is 0 Å². The number of halogens is 3. The smallest absolute Gasteiger partial charge is 0.389 e. The van der Waals surface area contributed by atoms with Crippen molar-refractivity contribution < 1.29 is 26.8 Å². The first-order valence-electron chi connectivity index (χ1n) is 5.65. The third kappa shape index (κ3) is 8.65. The number of sulfonamides is 1. The summed E-state index contributed by atoms with van der Waals surface area (Å²) in [5.41, 5.74) is 5.30. The van der Waals surface area contributed by atoms with Crippen LogP contribution in [0.4, 0.5) is 13.2 Å². The summed E-state index contributed by atoms with van der Waals surface area (Å²) in [6.07, 6.45) is -5.24. The summed E-state index contributed by atoms with van der Waals surface area (Å²) in [5, 5.41) is 11.2. The maximum atomic E-state index is 11.9. The second-order valence-corrected chi connectivity index (χ2v) is 5.90. The van der Waals surface area contributed by atoms with Crippen LogP contribution in [0, 0.1) is 0 Å². The van der Waals surface area contributed by atoms with Crippen LogP contribution in [0.25, 0.3) is 0 Å². The van der Waals surface area contributed by atoms with Crippen molar-refractivity contribution in [3.63, 3.8) is 0 Å². The molecule has 19 heavy (non-hydrogen) atoms. The number of hydrogen-bond donors (Lipinski definition) is 3. The van der Waals surface area contributed by atoms with Crippen molar-refractivity contribution in [2.75, 3.05) is 5.75 Å². The Bertz CT molecular complexity index is 395. The van der Waals surface area contributed by atoms with Gasteiger partial charge in [0, 0.05) is 6.42 Å². The molecule has 0 aromatic carbocycles. The number of alkyl halides is 3. The molecule has 114 valence electrons. The molecule has 0 aliphatic carbocycles. The minimum Gasteiger partial charge on any atom is -0.409 e. The first kappa shape index (κ1) is 18.0. The molecule has 0 amide bonds. The Morgan fingerprint density at radius 2 is 2.05 bits per heavy atom. The maximum absolute atomic E-state index is 11.9. The summed E-state index contributed by atoms with van der Waals surface area (Å²) < 4.78 is 61.0. The largest absolute Gasteiger partial charge is 0.409 e. The van der Waals surface area contributed by atoms with Crippen molar-refractivity contribution in [3.8, 4) is 0 Å². The monoisotopic (exact) mass is 305 g/mol. The van der Waals surface area contributed by atoms with Crippen LogP contribution in [0.2, 0.25) is 0 Å². The van der Waals surface area contributed by atoms with Crippen molar-refractivity contribution in [1.29, 1.82) is 0 Å². The molecule has 1 atom stereocenters. The average molecular weight is 305 g/mol. The number of hydrogen-bond acceptors (Lipinski definition) is 4. The lowest BCUT2D eigenvalue weighted by Crippen LogP contribution is -2.45. The fraction of sp³-hybridized carbons (Fsp3) is 0.889. The Kier molecular flexibility index (Phi) is 7.12. The third-order valence-electron chi connectivity index (χ3n) is 2.24. The number of nitrogens with one attached hydrogen (secondary N) is 1. The van der Waals surface area contributed by atoms with E-state index in [1.807, 2.05) is 0 Å². The van der Waals surface area contributed by atoms with E-state index >= 15 is 0 Å². The molecular formula is C9H18F3N3O3S. The van der Waals surface area contributed by atoms with Gasteiger partial charge in [0.2, 0.25) is 10.0 Å². The molecule has 0 aliphatic rings. The van der Waals surface area contributed by atoms with E-state index < -0.39 is 40.8 Å². The SMILES string of the molecule is CCCC(NS(=O)(=O)CCCC(F)(F)F)C(N)=NO. The molecule has 0 bridgehead atoms. The van der Waals surface area contributed by atoms with E-state index in [2.05, 4.69) is 9.88 Å². The van der Waals surface area contributed by atoms with Crippen LogP contribution in [0.1, 0.15) is 32.6 Å². The number of nitrogens with zero attached hydrogens (tertiary/aromatic N) is 1. The van der Waals surface area contributed by atoms with Gasteiger partial charge in [0.1, 0.15) is 0 Å². The summed E-state index contributed by atoms with van der Waals surface area (Å²) in [7, 11) is -3.90. The summed E-state index contributed by atoms with van der Waals surface area (Å²) in [6, 6.07) is -0.911. The van der Waals surface area contributed by atoms with Crippen LogP contribution in [0.3, 0.4) is 0 Å². The van der Waals surface area contributed by atoms with E-state index in [0.29, 0.717) is 6.42 Å². The Balaban J connectivity index is 4.48. The number of rotatable bonds is 8. The quantitative estimate of drug-likeness (QED) is 0.271. The van der Waals surface area contributed by atoms with Crippen LogP contribution >= 0.6 is 0 Å². The molecule has 0 rings (SSSR count). The highest BCUT2D eigenvalue weighted by Gasteiger charge is 2.28. The van der Waals surface area contributed by atoms with E-state index in [9.17, 15) is 21.6 Å². The highest BCUT2D eigenvalue weighted by Crippen LogP contribution is 2.21. The van der Waals surface area contributed by atoms with Crippen molar-refractivity contribution in [3.05, 3.63) is 0 Å². The molecule has 0 heterocycles. The number of amidine groups is 1. The highest BCUT2D eigenvalue weighted by atomic mass is 32.2. The lowest BCUT2D eigenvalue weighted by Gasteiger charge is -2.16. The number of nitrogens with two attached hydrogens (primary N) is 1. The molecule has 10 heteroatoms. The highest BCUT2D eigenvalue weighted by molar-refractivity contribution is 7.89. The summed E-state index contributed by atoms with van der Waals surface area (Å²) in [4.78, 5) is 0. The van der Waals surface area contributed by atoms with E-state index in [1.165, 1.54) is 0 Å². The van der Waals surface area contributed by atoms with Gasteiger partial charge < -0.3 is 10.9 Å². The van der Waals surface area contributed by atoms with Gasteiger partial charge in [0.15, 0.2) is 5.84 Å². The summed E-state index contributed by atoms with van der Waals surface area (Å²) in [5.74, 6) is -0.980. The summed E-state index contributed by atoms with van der Waals surface area (Å²) in [6.45, 7) is 1.76. The Hall–Kier alpha value is -1.03. The number of oxime groups is 1. The Morgan fingerprint density at radius 1 is 1.47 bits per heavy atom. The van der Waals surface area contributed by atoms with Crippen LogP contribution in [-0.4, -0.2) is 37.4 Å². The minimum atomic E-state index is -4.38. The fourth-order valence-corrected chi connectivity index (χ4v) is 2.68. The average Bonchev–Trinajstić information content (AvgIpc) is 2.25. The van der Waals surface area contributed by atoms with E-state index in [4.69, 9.17) is 10.9 Å². The van der Waals surface area contributed by atoms with Crippen molar-refractivity contribution in [1.82, 2.24) is 4.72 Å². The van der Waals surface area contributed by atoms with Crippen molar-refractivity contribution >= 4 is 15.9 Å². The molecule has 0 radical (unpaired) electrons. The maximum Gasteiger partial charge on any atom is 0.389 e. The Morgan fingerprint density at radius 3 is 2.47 bits per heavy atom. The second kappa shape index (κ2) is 7.53. The Labute approximate surface area is 109 Å². The van der Waals surface area contributed by atoms with Gasteiger partial charge in [0.25, 0.3) is 0 Å². The zero-order valence-corrected chi connectivity index (χ0v) is 11.3. The van der Waals surface area contributed by atoms with Crippen molar-refractivity contribution in [2.24, 2.45) is 10.9 Å². The topological polar surface area (TPSA) is 105 Å². The molecule has 0 spiro atoms. The van der Waals surface area contributed by atoms with Crippen LogP contribution in [-0.2, 0) is 10.0 Å². The molecule has 6 nitrogen and oxygen atoms in total. The van der Waals surface area contributed by atoms with Crippen molar-refractivity contribution in [2.45, 2.75) is 44.8 Å². The van der Waals surface area contributed by atoms with Gasteiger partial charge in [-0.05, 0) is 12.8 Å². The molecular weight excluding hydrogens is 287 g/mol. The first-order valence-corrected chi connectivity index (χ1v) is 7.30. The van der Waals surface area contributed by atoms with E-state index in [-0.39, 0.29) is 12.3 Å². The summed E-state index contributed by atoms with van der Waals surface area (Å²) >= 11 is 0. The molecule has 0 fully saturated rings. The molecule has 4 N–H and O–H groups in total.